The van der Waals surface area contributed by atoms with Gasteiger partial charge in [-0.3, -0.25) is 4.79 Å². The van der Waals surface area contributed by atoms with Crippen LogP contribution in [0.3, 0.4) is 0 Å². The fraction of sp³-hybridized carbons (Fsp3) is 0.333. The average Bonchev–Trinajstić information content (AvgIpc) is 2.36. The van der Waals surface area contributed by atoms with E-state index in [4.69, 9.17) is 14.6 Å². The van der Waals surface area contributed by atoms with Crippen molar-refractivity contribution in [3.8, 4) is 11.5 Å². The molecule has 1 rings (SSSR count). The van der Waals surface area contributed by atoms with E-state index in [9.17, 15) is 14.7 Å². The van der Waals surface area contributed by atoms with E-state index in [-0.39, 0.29) is 11.3 Å². The monoisotopic (exact) mass is 269 g/mol. The highest BCUT2D eigenvalue weighted by Gasteiger charge is 2.14. The molecule has 0 unspecified atom stereocenters. The molecule has 7 heteroatoms. The minimum atomic E-state index is -0.848. The Morgan fingerprint density at radius 3 is 2.68 bits per heavy atom. The maximum atomic E-state index is 11.5. The molecule has 0 saturated heterocycles. The van der Waals surface area contributed by atoms with Crippen LogP contribution in [0.4, 0.5) is 0 Å². The van der Waals surface area contributed by atoms with Gasteiger partial charge in [0.25, 0.3) is 5.91 Å². The van der Waals surface area contributed by atoms with Crippen LogP contribution in [0, 0.1) is 0 Å². The molecule has 0 atom stereocenters. The Kier molecular flexibility index (Phi) is 5.62. The van der Waals surface area contributed by atoms with Crippen LogP contribution in [0.5, 0.6) is 11.5 Å². The Morgan fingerprint density at radius 1 is 1.32 bits per heavy atom. The molecule has 0 aliphatic rings. The molecular formula is C12H15NO6. The van der Waals surface area contributed by atoms with Gasteiger partial charge < -0.3 is 25.0 Å². The van der Waals surface area contributed by atoms with Crippen LogP contribution in [0.2, 0.25) is 0 Å². The summed E-state index contributed by atoms with van der Waals surface area (Å²) in [5.41, 5.74) is -0.123. The van der Waals surface area contributed by atoms with Crippen LogP contribution >= 0.6 is 0 Å². The summed E-state index contributed by atoms with van der Waals surface area (Å²) in [7, 11) is 1.50. The van der Waals surface area contributed by atoms with Crippen molar-refractivity contribution in [3.63, 3.8) is 0 Å². The molecule has 0 fully saturated rings. The second-order valence-electron chi connectivity index (χ2n) is 3.62. The zero-order valence-corrected chi connectivity index (χ0v) is 10.4. The van der Waals surface area contributed by atoms with Crippen molar-refractivity contribution in [1.82, 2.24) is 5.32 Å². The zero-order chi connectivity index (χ0) is 14.3. The summed E-state index contributed by atoms with van der Waals surface area (Å²) in [6.07, 6.45) is 0. The van der Waals surface area contributed by atoms with E-state index in [1.807, 2.05) is 0 Å². The van der Waals surface area contributed by atoms with Crippen molar-refractivity contribution in [2.24, 2.45) is 0 Å². The van der Waals surface area contributed by atoms with E-state index in [1.165, 1.54) is 19.2 Å². The molecule has 1 amide bonds. The summed E-state index contributed by atoms with van der Waals surface area (Å²) in [6.45, 7) is 0.221. The van der Waals surface area contributed by atoms with Crippen molar-refractivity contribution in [1.29, 1.82) is 0 Å². The number of carbonyl (C=O) groups excluding carboxylic acids is 2. The number of amides is 1. The first-order valence-electron chi connectivity index (χ1n) is 5.49. The maximum Gasteiger partial charge on any atom is 0.342 e. The molecular weight excluding hydrogens is 254 g/mol. The van der Waals surface area contributed by atoms with Crippen LogP contribution in [0.1, 0.15) is 10.4 Å². The number of rotatable bonds is 6. The first-order chi connectivity index (χ1) is 9.04. The van der Waals surface area contributed by atoms with E-state index in [2.05, 4.69) is 5.32 Å². The minimum absolute atomic E-state index is 0.123. The lowest BCUT2D eigenvalue weighted by Crippen LogP contribution is -2.31. The Morgan fingerprint density at radius 2 is 2.05 bits per heavy atom. The number of carbonyl (C=O) groups is 2. The molecule has 1 aromatic carbocycles. The molecule has 104 valence electrons. The van der Waals surface area contributed by atoms with E-state index in [1.54, 1.807) is 0 Å². The average molecular weight is 269 g/mol. The van der Waals surface area contributed by atoms with Crippen molar-refractivity contribution < 1.29 is 29.3 Å². The van der Waals surface area contributed by atoms with Gasteiger partial charge in [-0.05, 0) is 12.1 Å². The van der Waals surface area contributed by atoms with Gasteiger partial charge in [-0.15, -0.1) is 0 Å². The van der Waals surface area contributed by atoms with Gasteiger partial charge in [-0.1, -0.05) is 0 Å². The Balaban J connectivity index is 2.45. The van der Waals surface area contributed by atoms with Gasteiger partial charge in [0, 0.05) is 19.7 Å². The predicted molar refractivity (Wildman–Crippen MR) is 64.9 cm³/mol. The number of methoxy groups -OCH3 is 1. The largest absolute Gasteiger partial charge is 0.508 e. The normalized spacial score (nSPS) is 9.95. The number of nitrogens with one attached hydrogen (secondary N) is 1. The lowest BCUT2D eigenvalue weighted by Gasteiger charge is -2.07. The highest BCUT2D eigenvalue weighted by atomic mass is 16.5. The molecule has 19 heavy (non-hydrogen) atoms. The first kappa shape index (κ1) is 14.8. The number of phenols is 2. The highest BCUT2D eigenvalue weighted by Crippen LogP contribution is 2.22. The van der Waals surface area contributed by atoms with Crippen molar-refractivity contribution in [3.05, 3.63) is 23.8 Å². The van der Waals surface area contributed by atoms with Crippen molar-refractivity contribution in [2.75, 3.05) is 26.9 Å². The SMILES string of the molecule is COCCNC(=O)COC(=O)c1ccc(O)cc1O. The number of benzene rings is 1. The zero-order valence-electron chi connectivity index (χ0n) is 10.4. The number of hydrogen-bond donors (Lipinski definition) is 3. The van der Waals surface area contributed by atoms with Gasteiger partial charge in [-0.25, -0.2) is 4.79 Å². The van der Waals surface area contributed by atoms with Crippen molar-refractivity contribution >= 4 is 11.9 Å². The molecule has 0 saturated carbocycles. The summed E-state index contributed by atoms with van der Waals surface area (Å²) in [6, 6.07) is 3.44. The van der Waals surface area contributed by atoms with E-state index in [0.29, 0.717) is 13.2 Å². The summed E-state index contributed by atoms with van der Waals surface area (Å²) >= 11 is 0. The molecule has 0 spiro atoms. The van der Waals surface area contributed by atoms with Gasteiger partial charge >= 0.3 is 5.97 Å². The van der Waals surface area contributed by atoms with Crippen LogP contribution in [0.25, 0.3) is 0 Å². The molecule has 0 aliphatic heterocycles. The van der Waals surface area contributed by atoms with Crippen LogP contribution in [-0.2, 0) is 14.3 Å². The smallest absolute Gasteiger partial charge is 0.342 e. The van der Waals surface area contributed by atoms with Gasteiger partial charge in [0.15, 0.2) is 6.61 Å². The molecule has 3 N–H and O–H groups in total. The van der Waals surface area contributed by atoms with Gasteiger partial charge in [-0.2, -0.15) is 0 Å². The number of esters is 1. The second kappa shape index (κ2) is 7.22. The molecule has 1 aromatic rings. The van der Waals surface area contributed by atoms with E-state index in [0.717, 1.165) is 6.07 Å². The number of phenolic OH excluding ortho intramolecular Hbond substituents is 2. The molecule has 0 radical (unpaired) electrons. The van der Waals surface area contributed by atoms with Gasteiger partial charge in [0.1, 0.15) is 17.1 Å². The fourth-order valence-corrected chi connectivity index (χ4v) is 1.25. The number of aromatic hydroxyl groups is 2. The molecule has 0 aliphatic carbocycles. The molecule has 0 bridgehead atoms. The lowest BCUT2D eigenvalue weighted by molar-refractivity contribution is -0.124. The summed E-state index contributed by atoms with van der Waals surface area (Å²) in [5.74, 6) is -1.90. The summed E-state index contributed by atoms with van der Waals surface area (Å²) in [4.78, 5) is 22.8. The van der Waals surface area contributed by atoms with Crippen LogP contribution in [-0.4, -0.2) is 49.0 Å². The van der Waals surface area contributed by atoms with Gasteiger partial charge in [0.05, 0.1) is 6.61 Å². The maximum absolute atomic E-state index is 11.5. The predicted octanol–water partition coefficient (Wildman–Crippen LogP) is 0.0172. The molecule has 7 nitrogen and oxygen atoms in total. The number of ether oxygens (including phenoxy) is 2. The summed E-state index contributed by atoms with van der Waals surface area (Å²) < 4.78 is 9.44. The van der Waals surface area contributed by atoms with Gasteiger partial charge in [0.2, 0.25) is 0 Å². The van der Waals surface area contributed by atoms with Crippen LogP contribution in [0.15, 0.2) is 18.2 Å². The topological polar surface area (TPSA) is 105 Å². The quantitative estimate of drug-likeness (QED) is 0.496. The standard InChI is InChI=1S/C12H15NO6/c1-18-5-4-13-11(16)7-19-12(17)9-3-2-8(14)6-10(9)15/h2-3,6,14-15H,4-5,7H2,1H3,(H,13,16). The van der Waals surface area contributed by atoms with Crippen LogP contribution < -0.4 is 5.32 Å². The van der Waals surface area contributed by atoms with E-state index >= 15 is 0 Å². The highest BCUT2D eigenvalue weighted by molar-refractivity contribution is 5.94. The lowest BCUT2D eigenvalue weighted by atomic mass is 10.2. The summed E-state index contributed by atoms with van der Waals surface area (Å²) in [5, 5.41) is 21.0. The Hall–Kier alpha value is -2.28. The Bertz CT molecular complexity index is 460. The third kappa shape index (κ3) is 4.84. The second-order valence-corrected chi connectivity index (χ2v) is 3.62. The third-order valence-corrected chi connectivity index (χ3v) is 2.16. The Labute approximate surface area is 109 Å². The minimum Gasteiger partial charge on any atom is -0.508 e. The van der Waals surface area contributed by atoms with E-state index < -0.39 is 24.2 Å². The molecule has 0 aromatic heterocycles. The molecule has 0 heterocycles. The number of hydrogen-bond acceptors (Lipinski definition) is 6. The fourth-order valence-electron chi connectivity index (χ4n) is 1.25. The third-order valence-electron chi connectivity index (χ3n) is 2.16. The first-order valence-corrected chi connectivity index (χ1v) is 5.49. The van der Waals surface area contributed by atoms with Crippen molar-refractivity contribution in [2.45, 2.75) is 0 Å².